The zero-order valence-electron chi connectivity index (χ0n) is 20.5. The Hall–Kier alpha value is -4.61. The summed E-state index contributed by atoms with van der Waals surface area (Å²) < 4.78 is 14.2. The second-order valence-electron chi connectivity index (χ2n) is 8.49. The van der Waals surface area contributed by atoms with E-state index in [0.29, 0.717) is 40.1 Å². The van der Waals surface area contributed by atoms with Crippen molar-refractivity contribution in [1.82, 2.24) is 29.3 Å². The summed E-state index contributed by atoms with van der Waals surface area (Å²) in [6.07, 6.45) is 7.53. The topological polar surface area (TPSA) is 134 Å². The molecule has 12 nitrogen and oxygen atoms in total. The number of hydrogen-bond donors (Lipinski definition) is 1. The Bertz CT molecular complexity index is 1520. The first kappa shape index (κ1) is 23.1. The van der Waals surface area contributed by atoms with Crippen LogP contribution in [0.2, 0.25) is 0 Å². The predicted octanol–water partition coefficient (Wildman–Crippen LogP) is 3.59. The van der Waals surface area contributed by atoms with Gasteiger partial charge in [-0.3, -0.25) is 14.7 Å². The molecule has 4 aromatic heterocycles. The summed E-state index contributed by atoms with van der Waals surface area (Å²) in [6, 6.07) is 3.65. The van der Waals surface area contributed by atoms with Gasteiger partial charge in [0.2, 0.25) is 5.88 Å². The van der Waals surface area contributed by atoms with Gasteiger partial charge in [0.15, 0.2) is 5.82 Å². The Labute approximate surface area is 206 Å². The van der Waals surface area contributed by atoms with Crippen molar-refractivity contribution in [3.05, 3.63) is 42.7 Å². The number of nitrogens with one attached hydrogen (secondary N) is 1. The smallest absolute Gasteiger partial charge is 0.419 e. The minimum Gasteiger partial charge on any atom is -0.479 e. The van der Waals surface area contributed by atoms with Gasteiger partial charge in [-0.2, -0.15) is 10.1 Å². The fraction of sp³-hybridized carbons (Fsp3) is 0.292. The average Bonchev–Trinajstić information content (AvgIpc) is 3.56. The van der Waals surface area contributed by atoms with E-state index >= 15 is 0 Å². The largest absolute Gasteiger partial charge is 0.479 e. The van der Waals surface area contributed by atoms with Crippen molar-refractivity contribution in [2.45, 2.75) is 33.0 Å². The van der Waals surface area contributed by atoms with Crippen LogP contribution in [0.25, 0.3) is 22.2 Å². The molecule has 1 N–H and O–H groups in total. The average molecular weight is 488 g/mol. The van der Waals surface area contributed by atoms with Gasteiger partial charge in [0.25, 0.3) is 0 Å². The molecule has 0 saturated carbocycles. The maximum absolute atomic E-state index is 13.1. The van der Waals surface area contributed by atoms with Gasteiger partial charge in [-0.05, 0) is 26.8 Å². The minimum atomic E-state index is -0.491. The van der Waals surface area contributed by atoms with E-state index in [2.05, 4.69) is 35.4 Å². The molecule has 184 valence electrons. The maximum atomic E-state index is 13.1. The standard InChI is InChI=1S/C24H25N9O3/c1-13(2)36-24(34)33-19(16-9-28-32(4)12-16)6-15-8-26-21(7-20(15)33)30-18-11-27-22(31-23(18)35-5)17-10-25-14(3)29-17/h6-14H,1-5H3,(H,26,30). The molecule has 12 heteroatoms. The van der Waals surface area contributed by atoms with Gasteiger partial charge >= 0.3 is 6.09 Å². The quantitative estimate of drug-likeness (QED) is 0.436. The van der Waals surface area contributed by atoms with Crippen LogP contribution in [0.15, 0.2) is 46.9 Å². The van der Waals surface area contributed by atoms with Crippen molar-refractivity contribution in [2.75, 3.05) is 12.4 Å². The minimum absolute atomic E-state index is 0.154. The number of fused-ring (bicyclic) bond motifs is 1. The Morgan fingerprint density at radius 1 is 1.17 bits per heavy atom. The van der Waals surface area contributed by atoms with Crippen LogP contribution < -0.4 is 10.1 Å². The maximum Gasteiger partial charge on any atom is 0.419 e. The van der Waals surface area contributed by atoms with E-state index in [1.165, 1.54) is 11.7 Å². The van der Waals surface area contributed by atoms with Gasteiger partial charge in [0.1, 0.15) is 23.4 Å². The molecule has 0 radical (unpaired) electrons. The molecule has 0 fully saturated rings. The third-order valence-electron chi connectivity index (χ3n) is 5.38. The number of methoxy groups -OCH3 is 1. The SMILES string of the molecule is COc1nc(C2=NC(C)N=C2)ncc1Nc1cc2c(cn1)cc(-c1cnn(C)c1)n2C(=O)OC(C)C. The van der Waals surface area contributed by atoms with E-state index in [1.807, 2.05) is 40.1 Å². The molecule has 1 aliphatic rings. The lowest BCUT2D eigenvalue weighted by atomic mass is 10.2. The van der Waals surface area contributed by atoms with Crippen molar-refractivity contribution in [3.63, 3.8) is 0 Å². The van der Waals surface area contributed by atoms with E-state index in [0.717, 1.165) is 10.9 Å². The molecule has 5 heterocycles. The van der Waals surface area contributed by atoms with Crippen LogP contribution in [0.4, 0.5) is 16.3 Å². The first-order chi connectivity index (χ1) is 17.3. The number of carbonyl (C=O) groups excluding carboxylic acids is 1. The van der Waals surface area contributed by atoms with Gasteiger partial charge in [-0.1, -0.05) is 0 Å². The van der Waals surface area contributed by atoms with E-state index in [1.54, 1.807) is 35.6 Å². The molecule has 0 aliphatic carbocycles. The van der Waals surface area contributed by atoms with Gasteiger partial charge in [0.05, 0.1) is 43.0 Å². The summed E-state index contributed by atoms with van der Waals surface area (Å²) in [4.78, 5) is 35.1. The van der Waals surface area contributed by atoms with Gasteiger partial charge in [0, 0.05) is 36.5 Å². The molecule has 0 spiro atoms. The van der Waals surface area contributed by atoms with E-state index in [9.17, 15) is 4.79 Å². The Morgan fingerprint density at radius 3 is 2.67 bits per heavy atom. The van der Waals surface area contributed by atoms with Gasteiger partial charge < -0.3 is 14.8 Å². The second-order valence-corrected chi connectivity index (χ2v) is 8.49. The molecule has 0 saturated heterocycles. The molecule has 0 amide bonds. The van der Waals surface area contributed by atoms with Crippen molar-refractivity contribution in [3.8, 4) is 17.1 Å². The van der Waals surface area contributed by atoms with Crippen molar-refractivity contribution >= 4 is 40.4 Å². The Kier molecular flexibility index (Phi) is 5.92. The summed E-state index contributed by atoms with van der Waals surface area (Å²) in [5.41, 5.74) is 3.16. The number of aryl methyl sites for hydroxylation is 1. The zero-order chi connectivity index (χ0) is 25.4. The van der Waals surface area contributed by atoms with Crippen LogP contribution in [-0.4, -0.2) is 66.7 Å². The van der Waals surface area contributed by atoms with Crippen LogP contribution in [-0.2, 0) is 11.8 Å². The molecular formula is C24H25N9O3. The van der Waals surface area contributed by atoms with Crippen LogP contribution in [0.3, 0.4) is 0 Å². The van der Waals surface area contributed by atoms with Gasteiger partial charge in [-0.25, -0.2) is 19.3 Å². The fourth-order valence-electron chi connectivity index (χ4n) is 3.82. The molecule has 5 rings (SSSR count). The fourth-order valence-corrected chi connectivity index (χ4v) is 3.82. The number of aliphatic imine (C=N–C) groups is 2. The number of hydrogen-bond acceptors (Lipinski definition) is 10. The highest BCUT2D eigenvalue weighted by atomic mass is 16.6. The van der Waals surface area contributed by atoms with Gasteiger partial charge in [-0.15, -0.1) is 0 Å². The number of pyridine rings is 1. The number of nitrogens with zero attached hydrogens (tertiary/aromatic N) is 8. The first-order valence-electron chi connectivity index (χ1n) is 11.3. The first-order valence-corrected chi connectivity index (χ1v) is 11.3. The number of aromatic nitrogens is 6. The monoisotopic (exact) mass is 487 g/mol. The third-order valence-corrected chi connectivity index (χ3v) is 5.38. The highest BCUT2D eigenvalue weighted by Crippen LogP contribution is 2.31. The number of rotatable bonds is 6. The molecule has 0 bridgehead atoms. The lowest BCUT2D eigenvalue weighted by Crippen LogP contribution is -2.18. The second kappa shape index (κ2) is 9.21. The van der Waals surface area contributed by atoms with Crippen molar-refractivity contribution in [2.24, 2.45) is 17.0 Å². The predicted molar refractivity (Wildman–Crippen MR) is 135 cm³/mol. The highest BCUT2D eigenvalue weighted by Gasteiger charge is 2.21. The number of ether oxygens (including phenoxy) is 2. The summed E-state index contributed by atoms with van der Waals surface area (Å²) in [5.74, 6) is 1.21. The van der Waals surface area contributed by atoms with Crippen LogP contribution >= 0.6 is 0 Å². The molecular weight excluding hydrogens is 462 g/mol. The van der Waals surface area contributed by atoms with Crippen molar-refractivity contribution in [1.29, 1.82) is 0 Å². The highest BCUT2D eigenvalue weighted by molar-refractivity contribution is 6.38. The van der Waals surface area contributed by atoms with Crippen molar-refractivity contribution < 1.29 is 14.3 Å². The Balaban J connectivity index is 1.53. The summed E-state index contributed by atoms with van der Waals surface area (Å²) >= 11 is 0. The van der Waals surface area contributed by atoms with Crippen LogP contribution in [0.1, 0.15) is 26.6 Å². The van der Waals surface area contributed by atoms with E-state index in [-0.39, 0.29) is 12.3 Å². The normalized spacial score (nSPS) is 14.9. The number of carbonyl (C=O) groups is 1. The zero-order valence-corrected chi connectivity index (χ0v) is 20.5. The third kappa shape index (κ3) is 4.40. The number of anilines is 2. The summed E-state index contributed by atoms with van der Waals surface area (Å²) in [6.45, 7) is 5.49. The molecule has 1 atom stereocenters. The summed E-state index contributed by atoms with van der Waals surface area (Å²) in [7, 11) is 3.34. The van der Waals surface area contributed by atoms with E-state index < -0.39 is 6.09 Å². The van der Waals surface area contributed by atoms with Crippen LogP contribution in [0, 0.1) is 0 Å². The molecule has 0 aromatic carbocycles. The summed E-state index contributed by atoms with van der Waals surface area (Å²) in [5, 5.41) is 8.19. The lowest BCUT2D eigenvalue weighted by molar-refractivity contribution is 0.118. The van der Waals surface area contributed by atoms with Crippen LogP contribution in [0.5, 0.6) is 5.88 Å². The lowest BCUT2D eigenvalue weighted by Gasteiger charge is -2.13. The van der Waals surface area contributed by atoms with E-state index in [4.69, 9.17) is 9.47 Å². The molecule has 1 aliphatic heterocycles. The Morgan fingerprint density at radius 2 is 2.00 bits per heavy atom. The molecule has 4 aromatic rings. The molecule has 36 heavy (non-hydrogen) atoms. The molecule has 1 unspecified atom stereocenters.